The molecule has 0 bridgehead atoms. The summed E-state index contributed by atoms with van der Waals surface area (Å²) in [6.45, 7) is 2.29. The highest BCUT2D eigenvalue weighted by Gasteiger charge is 2.42. The van der Waals surface area contributed by atoms with Gasteiger partial charge < -0.3 is 5.32 Å². The third-order valence-electron chi connectivity index (χ3n) is 6.09. The molecule has 0 heterocycles. The van der Waals surface area contributed by atoms with Crippen molar-refractivity contribution in [2.24, 2.45) is 5.92 Å². The van der Waals surface area contributed by atoms with Crippen LogP contribution in [0.5, 0.6) is 0 Å². The average Bonchev–Trinajstić information content (AvgIpc) is 2.61. The highest BCUT2D eigenvalue weighted by Crippen LogP contribution is 2.42. The van der Waals surface area contributed by atoms with Crippen LogP contribution in [0, 0.1) is 5.92 Å². The first-order valence-corrected chi connectivity index (χ1v) is 9.59. The highest BCUT2D eigenvalue weighted by molar-refractivity contribution is 5.79. The Bertz CT molecular complexity index is 506. The Morgan fingerprint density at radius 2 is 1.78 bits per heavy atom. The lowest BCUT2D eigenvalue weighted by atomic mass is 9.68. The second kappa shape index (κ2) is 7.61. The van der Waals surface area contributed by atoms with Crippen LogP contribution >= 0.6 is 0 Å². The van der Waals surface area contributed by atoms with Gasteiger partial charge in [0.15, 0.2) is 0 Å². The summed E-state index contributed by atoms with van der Waals surface area (Å²) in [5.74, 6) is 0.901. The number of benzene rings is 1. The van der Waals surface area contributed by atoms with Crippen LogP contribution in [0.4, 0.5) is 0 Å². The molecule has 3 rings (SSSR count). The van der Waals surface area contributed by atoms with Crippen LogP contribution in [0.15, 0.2) is 30.3 Å². The third-order valence-corrected chi connectivity index (χ3v) is 6.09. The SMILES string of the molecule is CC[C@](NC1CCCCC1)(c1ccccc1)C1CCCC(=O)C1. The van der Waals surface area contributed by atoms with Crippen LogP contribution in [0.3, 0.4) is 0 Å². The van der Waals surface area contributed by atoms with E-state index < -0.39 is 0 Å². The van der Waals surface area contributed by atoms with Crippen LogP contribution in [-0.2, 0) is 10.3 Å². The standard InChI is InChI=1S/C21H31NO/c1-2-21(17-10-5-3-6-11-17,18-12-9-15-20(23)16-18)22-19-13-7-4-8-14-19/h3,5-6,10-11,18-19,22H,2,4,7-9,12-16H2,1H3/t18?,21-/m0/s1. The van der Waals surface area contributed by atoms with Crippen molar-refractivity contribution in [2.75, 3.05) is 0 Å². The van der Waals surface area contributed by atoms with Crippen molar-refractivity contribution in [3.8, 4) is 0 Å². The van der Waals surface area contributed by atoms with Crippen LogP contribution in [-0.4, -0.2) is 11.8 Å². The summed E-state index contributed by atoms with van der Waals surface area (Å²) in [6.07, 6.45) is 11.5. The Morgan fingerprint density at radius 1 is 1.04 bits per heavy atom. The lowest BCUT2D eigenvalue weighted by molar-refractivity contribution is -0.122. The summed E-state index contributed by atoms with van der Waals surface area (Å²) >= 11 is 0. The number of hydrogen-bond donors (Lipinski definition) is 1. The van der Waals surface area contributed by atoms with E-state index in [1.807, 2.05) is 0 Å². The number of hydrogen-bond acceptors (Lipinski definition) is 2. The first-order chi connectivity index (χ1) is 11.2. The van der Waals surface area contributed by atoms with Gasteiger partial charge in [-0.05, 0) is 43.6 Å². The second-order valence-corrected chi connectivity index (χ2v) is 7.50. The minimum atomic E-state index is -0.0284. The molecular formula is C21H31NO. The normalized spacial score (nSPS) is 26.0. The van der Waals surface area contributed by atoms with E-state index in [-0.39, 0.29) is 5.54 Å². The summed E-state index contributed by atoms with van der Waals surface area (Å²) in [4.78, 5) is 12.1. The molecule has 23 heavy (non-hydrogen) atoms. The van der Waals surface area contributed by atoms with E-state index in [4.69, 9.17) is 0 Å². The smallest absolute Gasteiger partial charge is 0.133 e. The average molecular weight is 313 g/mol. The zero-order chi connectivity index (χ0) is 16.1. The zero-order valence-electron chi connectivity index (χ0n) is 14.5. The van der Waals surface area contributed by atoms with Crippen molar-refractivity contribution < 1.29 is 4.79 Å². The van der Waals surface area contributed by atoms with Crippen molar-refractivity contribution >= 4 is 5.78 Å². The largest absolute Gasteiger partial charge is 0.304 e. The minimum absolute atomic E-state index is 0.0284. The van der Waals surface area contributed by atoms with E-state index >= 15 is 0 Å². The van der Waals surface area contributed by atoms with Gasteiger partial charge in [-0.25, -0.2) is 0 Å². The number of carbonyl (C=O) groups excluding carboxylic acids is 1. The maximum atomic E-state index is 12.1. The molecule has 2 heteroatoms. The van der Waals surface area contributed by atoms with Gasteiger partial charge in [0.25, 0.3) is 0 Å². The molecule has 0 saturated heterocycles. The molecule has 1 N–H and O–H groups in total. The lowest BCUT2D eigenvalue weighted by Gasteiger charge is -2.46. The fourth-order valence-electron chi connectivity index (χ4n) is 4.82. The summed E-state index contributed by atoms with van der Waals surface area (Å²) in [6, 6.07) is 11.5. The quantitative estimate of drug-likeness (QED) is 0.831. The minimum Gasteiger partial charge on any atom is -0.304 e. The Kier molecular flexibility index (Phi) is 5.53. The number of carbonyl (C=O) groups is 1. The monoisotopic (exact) mass is 313 g/mol. The molecular weight excluding hydrogens is 282 g/mol. The van der Waals surface area contributed by atoms with Crippen LogP contribution in [0.2, 0.25) is 0 Å². The Balaban J connectivity index is 1.91. The van der Waals surface area contributed by atoms with E-state index in [0.717, 1.165) is 25.7 Å². The van der Waals surface area contributed by atoms with Gasteiger partial charge in [0, 0.05) is 24.4 Å². The van der Waals surface area contributed by atoms with E-state index in [2.05, 4.69) is 42.6 Å². The first-order valence-electron chi connectivity index (χ1n) is 9.59. The maximum absolute atomic E-state index is 12.1. The van der Waals surface area contributed by atoms with Crippen LogP contribution in [0.25, 0.3) is 0 Å². The molecule has 0 aliphatic heterocycles. The topological polar surface area (TPSA) is 29.1 Å². The van der Waals surface area contributed by atoms with E-state index in [9.17, 15) is 4.79 Å². The van der Waals surface area contributed by atoms with Gasteiger partial charge in [-0.3, -0.25) is 4.79 Å². The molecule has 0 spiro atoms. The van der Waals surface area contributed by atoms with Gasteiger partial charge in [0.2, 0.25) is 0 Å². The van der Waals surface area contributed by atoms with Crippen molar-refractivity contribution in [1.82, 2.24) is 5.32 Å². The molecule has 1 aromatic carbocycles. The van der Waals surface area contributed by atoms with Crippen LogP contribution in [0.1, 0.15) is 76.7 Å². The van der Waals surface area contributed by atoms with Gasteiger partial charge in [-0.2, -0.15) is 0 Å². The van der Waals surface area contributed by atoms with Crippen molar-refractivity contribution in [3.05, 3.63) is 35.9 Å². The fourth-order valence-corrected chi connectivity index (χ4v) is 4.82. The zero-order valence-corrected chi connectivity index (χ0v) is 14.5. The van der Waals surface area contributed by atoms with Gasteiger partial charge in [0.1, 0.15) is 5.78 Å². The van der Waals surface area contributed by atoms with Crippen molar-refractivity contribution in [3.63, 3.8) is 0 Å². The molecule has 0 radical (unpaired) electrons. The molecule has 0 amide bonds. The Hall–Kier alpha value is -1.15. The Morgan fingerprint density at radius 3 is 2.43 bits per heavy atom. The van der Waals surface area contributed by atoms with Gasteiger partial charge >= 0.3 is 0 Å². The van der Waals surface area contributed by atoms with Crippen molar-refractivity contribution in [2.45, 2.75) is 82.7 Å². The molecule has 1 aromatic rings. The predicted molar refractivity (Wildman–Crippen MR) is 95.4 cm³/mol. The molecule has 1 unspecified atom stereocenters. The maximum Gasteiger partial charge on any atom is 0.133 e. The van der Waals surface area contributed by atoms with Gasteiger partial charge in [-0.1, -0.05) is 56.5 Å². The summed E-state index contributed by atoms with van der Waals surface area (Å²) in [5, 5.41) is 4.07. The van der Waals surface area contributed by atoms with Gasteiger partial charge in [0.05, 0.1) is 0 Å². The van der Waals surface area contributed by atoms with E-state index in [0.29, 0.717) is 17.7 Å². The molecule has 2 atom stereocenters. The highest BCUT2D eigenvalue weighted by atomic mass is 16.1. The summed E-state index contributed by atoms with van der Waals surface area (Å²) < 4.78 is 0. The second-order valence-electron chi connectivity index (χ2n) is 7.50. The van der Waals surface area contributed by atoms with Gasteiger partial charge in [-0.15, -0.1) is 0 Å². The molecule has 2 aliphatic carbocycles. The number of Topliss-reactive ketones (excluding diaryl/α,β-unsaturated/α-hetero) is 1. The molecule has 2 aliphatic rings. The number of ketones is 1. The third kappa shape index (κ3) is 3.68. The molecule has 2 fully saturated rings. The predicted octanol–water partition coefficient (Wildman–Crippen LogP) is 4.97. The van der Waals surface area contributed by atoms with E-state index in [1.165, 1.54) is 44.1 Å². The molecule has 0 aromatic heterocycles. The van der Waals surface area contributed by atoms with Crippen LogP contribution < -0.4 is 5.32 Å². The summed E-state index contributed by atoms with van der Waals surface area (Å²) in [5.41, 5.74) is 1.35. The molecule has 2 saturated carbocycles. The number of nitrogens with one attached hydrogen (secondary N) is 1. The molecule has 126 valence electrons. The fraction of sp³-hybridized carbons (Fsp3) is 0.667. The van der Waals surface area contributed by atoms with E-state index in [1.54, 1.807) is 0 Å². The van der Waals surface area contributed by atoms with Crippen molar-refractivity contribution in [1.29, 1.82) is 0 Å². The summed E-state index contributed by atoms with van der Waals surface area (Å²) in [7, 11) is 0. The lowest BCUT2D eigenvalue weighted by Crippen LogP contribution is -2.54. The molecule has 2 nitrogen and oxygen atoms in total. The number of rotatable bonds is 5. The first kappa shape index (κ1) is 16.7. The Labute approximate surface area is 141 Å².